The van der Waals surface area contributed by atoms with E-state index in [1.165, 1.54) is 23.3 Å². The molecule has 0 amide bonds. The lowest BCUT2D eigenvalue weighted by molar-refractivity contribution is -0.137. The highest BCUT2D eigenvalue weighted by atomic mass is 28.4. The van der Waals surface area contributed by atoms with Crippen LogP contribution in [0, 0.1) is 5.41 Å². The summed E-state index contributed by atoms with van der Waals surface area (Å²) >= 11 is 0. The molecule has 1 aromatic carbocycles. The average molecular weight is 616 g/mol. The molecule has 2 atom stereocenters. The molecule has 4 aliphatic rings. The van der Waals surface area contributed by atoms with Gasteiger partial charge < -0.3 is 13.9 Å². The van der Waals surface area contributed by atoms with Crippen molar-refractivity contribution < 1.29 is 27.1 Å². The number of ether oxygens (including phenoxy) is 2. The van der Waals surface area contributed by atoms with E-state index in [1.54, 1.807) is 12.1 Å². The van der Waals surface area contributed by atoms with E-state index in [0.29, 0.717) is 13.2 Å². The Hall–Kier alpha value is -1.74. The van der Waals surface area contributed by atoms with Crippen molar-refractivity contribution in [2.45, 2.75) is 134 Å². The maximum Gasteiger partial charge on any atom is 0.416 e. The molecule has 8 heteroatoms. The first-order valence-electron chi connectivity index (χ1n) is 16.2. The smallest absolute Gasteiger partial charge is 0.410 e. The Kier molecular flexibility index (Phi) is 7.75. The molecular formula is C35H48F3NO3Si. The molecule has 6 rings (SSSR count). The number of nitrogens with zero attached hydrogens (tertiary/aromatic N) is 1. The summed E-state index contributed by atoms with van der Waals surface area (Å²) in [5.41, 5.74) is 5.52. The normalized spacial score (nSPS) is 25.6. The Labute approximate surface area is 256 Å². The van der Waals surface area contributed by atoms with Gasteiger partial charge in [0.05, 0.1) is 23.0 Å². The van der Waals surface area contributed by atoms with Gasteiger partial charge in [0, 0.05) is 36.0 Å². The molecule has 2 aromatic rings. The third-order valence-electron chi connectivity index (χ3n) is 11.0. The van der Waals surface area contributed by atoms with Crippen molar-refractivity contribution in [2.24, 2.45) is 5.41 Å². The van der Waals surface area contributed by atoms with Crippen LogP contribution in [0.1, 0.15) is 137 Å². The van der Waals surface area contributed by atoms with Crippen LogP contribution in [0.3, 0.4) is 0 Å². The summed E-state index contributed by atoms with van der Waals surface area (Å²) in [6.07, 6.45) is 2.62. The molecule has 1 aromatic heterocycles. The lowest BCUT2D eigenvalue weighted by Gasteiger charge is -2.45. The van der Waals surface area contributed by atoms with Crippen LogP contribution in [-0.2, 0) is 32.1 Å². The molecule has 0 unspecified atom stereocenters. The van der Waals surface area contributed by atoms with Gasteiger partial charge in [-0.2, -0.15) is 13.2 Å². The molecule has 0 bridgehead atoms. The van der Waals surface area contributed by atoms with Crippen LogP contribution in [-0.4, -0.2) is 26.5 Å². The summed E-state index contributed by atoms with van der Waals surface area (Å²) in [7, 11) is -2.15. The quantitative estimate of drug-likeness (QED) is 0.321. The number of aromatic nitrogens is 1. The average Bonchev–Trinajstić information content (AvgIpc) is 3.52. The van der Waals surface area contributed by atoms with Gasteiger partial charge in [-0.3, -0.25) is 4.98 Å². The zero-order chi connectivity index (χ0) is 31.0. The van der Waals surface area contributed by atoms with E-state index in [4.69, 9.17) is 18.9 Å². The molecule has 2 aliphatic heterocycles. The fraction of sp³-hybridized carbons (Fsp3) is 0.686. The highest BCUT2D eigenvalue weighted by Crippen LogP contribution is 2.61. The topological polar surface area (TPSA) is 40.6 Å². The maximum atomic E-state index is 13.5. The van der Waals surface area contributed by atoms with Crippen LogP contribution in [0.15, 0.2) is 24.3 Å². The second kappa shape index (κ2) is 10.7. The van der Waals surface area contributed by atoms with Gasteiger partial charge in [-0.1, -0.05) is 59.6 Å². The first-order chi connectivity index (χ1) is 20.0. The molecule has 1 saturated heterocycles. The van der Waals surface area contributed by atoms with Crippen LogP contribution >= 0.6 is 0 Å². The highest BCUT2D eigenvalue weighted by molar-refractivity contribution is 6.74. The molecule has 0 radical (unpaired) electrons. The SMILES string of the molecule is CC1(C)Cc2nc(C3CCOCC3)c3c(c2[C@@H](O[Si](C)(C)C(C)(C)C)C1)C1(CCCC1)O[C@@H]3c1ccc(C(F)(F)F)cc1. The summed E-state index contributed by atoms with van der Waals surface area (Å²) in [5, 5.41) is 0.0533. The Morgan fingerprint density at radius 1 is 0.953 bits per heavy atom. The lowest BCUT2D eigenvalue weighted by atomic mass is 9.70. The van der Waals surface area contributed by atoms with Crippen LogP contribution in [0.25, 0.3) is 0 Å². The van der Waals surface area contributed by atoms with Crippen molar-refractivity contribution >= 4 is 8.32 Å². The molecule has 1 saturated carbocycles. The molecule has 236 valence electrons. The van der Waals surface area contributed by atoms with Crippen LogP contribution in [0.4, 0.5) is 13.2 Å². The third-order valence-corrected chi connectivity index (χ3v) is 15.4. The zero-order valence-corrected chi connectivity index (χ0v) is 27.9. The zero-order valence-electron chi connectivity index (χ0n) is 26.9. The molecular weight excluding hydrogens is 567 g/mol. The molecule has 0 N–H and O–H groups in total. The van der Waals surface area contributed by atoms with E-state index >= 15 is 0 Å². The number of alkyl halides is 3. The Morgan fingerprint density at radius 3 is 2.16 bits per heavy atom. The Bertz CT molecular complexity index is 1350. The van der Waals surface area contributed by atoms with Crippen LogP contribution < -0.4 is 0 Å². The van der Waals surface area contributed by atoms with Crippen molar-refractivity contribution in [3.63, 3.8) is 0 Å². The molecule has 2 aliphatic carbocycles. The van der Waals surface area contributed by atoms with E-state index in [-0.39, 0.29) is 22.5 Å². The number of benzene rings is 1. The van der Waals surface area contributed by atoms with Crippen molar-refractivity contribution in [1.82, 2.24) is 4.98 Å². The summed E-state index contributed by atoms with van der Waals surface area (Å²) in [5.74, 6) is 0.231. The lowest BCUT2D eigenvalue weighted by Crippen LogP contribution is -2.44. The number of hydrogen-bond acceptors (Lipinski definition) is 4. The van der Waals surface area contributed by atoms with E-state index in [9.17, 15) is 13.2 Å². The van der Waals surface area contributed by atoms with Gasteiger partial charge in [0.2, 0.25) is 0 Å². The van der Waals surface area contributed by atoms with E-state index in [2.05, 4.69) is 47.7 Å². The summed E-state index contributed by atoms with van der Waals surface area (Å²) < 4.78 is 60.9. The van der Waals surface area contributed by atoms with Crippen LogP contribution in [0.2, 0.25) is 18.1 Å². The maximum absolute atomic E-state index is 13.5. The van der Waals surface area contributed by atoms with Crippen molar-refractivity contribution in [1.29, 1.82) is 0 Å². The standard InChI is InChI=1S/C35H48F3NO3Si/c1-32(2,3)43(6,7)42-26-21-33(4,5)20-25-27(26)29-28(30(39-25)22-14-18-40-19-15-22)31(41-34(29)16-8-9-17-34)23-10-12-24(13-11-23)35(36,37)38/h10-13,22,26,31H,8-9,14-21H2,1-7H3/t26-,31+/m0/s1. The summed E-state index contributed by atoms with van der Waals surface area (Å²) in [4.78, 5) is 5.55. The second-order valence-electron chi connectivity index (χ2n) is 15.8. The fourth-order valence-electron chi connectivity index (χ4n) is 7.70. The van der Waals surface area contributed by atoms with Crippen molar-refractivity contribution in [3.05, 3.63) is 63.5 Å². The number of rotatable bonds is 4. The molecule has 2 fully saturated rings. The number of halogens is 3. The number of fused-ring (bicyclic) bond motifs is 4. The molecule has 43 heavy (non-hydrogen) atoms. The van der Waals surface area contributed by atoms with Gasteiger partial charge in [-0.25, -0.2) is 0 Å². The summed E-state index contributed by atoms with van der Waals surface area (Å²) in [6, 6.07) is 5.63. The molecule has 1 spiro atoms. The summed E-state index contributed by atoms with van der Waals surface area (Å²) in [6.45, 7) is 17.5. The molecule has 3 heterocycles. The van der Waals surface area contributed by atoms with Gasteiger partial charge >= 0.3 is 6.18 Å². The Balaban J connectivity index is 1.59. The van der Waals surface area contributed by atoms with Crippen molar-refractivity contribution in [2.75, 3.05) is 13.2 Å². The first kappa shape index (κ1) is 31.2. The first-order valence-corrected chi connectivity index (χ1v) is 19.1. The van der Waals surface area contributed by atoms with E-state index in [0.717, 1.165) is 73.9 Å². The van der Waals surface area contributed by atoms with Gasteiger partial charge in [0.1, 0.15) is 6.10 Å². The Morgan fingerprint density at radius 2 is 1.58 bits per heavy atom. The van der Waals surface area contributed by atoms with Crippen LogP contribution in [0.5, 0.6) is 0 Å². The molecule has 4 nitrogen and oxygen atoms in total. The minimum absolute atomic E-state index is 0.0311. The third kappa shape index (κ3) is 5.63. The van der Waals surface area contributed by atoms with E-state index in [1.807, 2.05) is 0 Å². The minimum Gasteiger partial charge on any atom is -0.410 e. The van der Waals surface area contributed by atoms with Gasteiger partial charge in [-0.05, 0) is 85.3 Å². The minimum atomic E-state index is -4.38. The highest BCUT2D eigenvalue weighted by Gasteiger charge is 2.54. The largest absolute Gasteiger partial charge is 0.416 e. The number of pyridine rings is 1. The fourth-order valence-corrected chi connectivity index (χ4v) is 8.97. The van der Waals surface area contributed by atoms with Gasteiger partial charge in [0.15, 0.2) is 8.32 Å². The van der Waals surface area contributed by atoms with Crippen molar-refractivity contribution in [3.8, 4) is 0 Å². The van der Waals surface area contributed by atoms with Gasteiger partial charge in [0.25, 0.3) is 0 Å². The number of hydrogen-bond donors (Lipinski definition) is 0. The van der Waals surface area contributed by atoms with Gasteiger partial charge in [-0.15, -0.1) is 0 Å². The van der Waals surface area contributed by atoms with E-state index < -0.39 is 31.8 Å². The second-order valence-corrected chi connectivity index (χ2v) is 20.5. The predicted octanol–water partition coefficient (Wildman–Crippen LogP) is 9.92. The monoisotopic (exact) mass is 615 g/mol. The predicted molar refractivity (Wildman–Crippen MR) is 165 cm³/mol.